The van der Waals surface area contributed by atoms with Crippen molar-refractivity contribution in [1.29, 1.82) is 0 Å². The lowest BCUT2D eigenvalue weighted by Gasteiger charge is -2.17. The third-order valence-corrected chi connectivity index (χ3v) is 4.62. The second-order valence-electron chi connectivity index (χ2n) is 5.71. The Balaban J connectivity index is 0.000000194. The molecular weight excluding hydrogens is 322 g/mol. The molecule has 1 nitrogen and oxygen atoms in total. The number of nitrogens with one attached hydrogen (secondary N) is 1. The van der Waals surface area contributed by atoms with Gasteiger partial charge in [0.1, 0.15) is 0 Å². The van der Waals surface area contributed by atoms with Gasteiger partial charge in [0.2, 0.25) is 0 Å². The molecule has 2 unspecified atom stereocenters. The maximum atomic E-state index is 3.55. The monoisotopic (exact) mass is 347 g/mol. The molecule has 2 aliphatic rings. The Bertz CT molecular complexity index is 438. The van der Waals surface area contributed by atoms with E-state index in [1.165, 1.54) is 44.1 Å². The minimum Gasteiger partial charge on any atom is -0.306 e. The van der Waals surface area contributed by atoms with Gasteiger partial charge in [0, 0.05) is 17.4 Å². The van der Waals surface area contributed by atoms with Crippen LogP contribution < -0.4 is 5.32 Å². The fourth-order valence-corrected chi connectivity index (χ4v) is 3.14. The van der Waals surface area contributed by atoms with E-state index in [0.29, 0.717) is 10.9 Å². The van der Waals surface area contributed by atoms with Crippen molar-refractivity contribution in [3.05, 3.63) is 60.2 Å². The van der Waals surface area contributed by atoms with Gasteiger partial charge < -0.3 is 5.32 Å². The highest BCUT2D eigenvalue weighted by Gasteiger charge is 2.06. The average Bonchev–Trinajstić information content (AvgIpc) is 2.56. The molecule has 0 bridgehead atoms. The van der Waals surface area contributed by atoms with Gasteiger partial charge >= 0.3 is 0 Å². The zero-order valence-electron chi connectivity index (χ0n) is 12.7. The SMILES string of the molecule is BrC1C=CCCC1.C1=CC(NCc2ccccc2)CCC1. The molecule has 0 radical (unpaired) electrons. The summed E-state index contributed by atoms with van der Waals surface area (Å²) in [6, 6.07) is 11.2. The number of alkyl halides is 1. The quantitative estimate of drug-likeness (QED) is 0.572. The van der Waals surface area contributed by atoms with Crippen LogP contribution in [-0.2, 0) is 6.54 Å². The van der Waals surface area contributed by atoms with E-state index < -0.39 is 0 Å². The summed E-state index contributed by atoms with van der Waals surface area (Å²) in [4.78, 5) is 0.668. The fraction of sp³-hybridized carbons (Fsp3) is 0.474. The molecule has 2 aliphatic carbocycles. The standard InChI is InChI=1S/C13H17N.C6H9Br/c1-3-7-12(8-4-1)11-14-13-9-5-2-6-10-13;7-6-4-2-1-3-5-6/h1,3-5,7-9,13-14H,2,6,10-11H2;2,4,6H,1,3,5H2. The molecule has 0 saturated heterocycles. The molecule has 0 aliphatic heterocycles. The van der Waals surface area contributed by atoms with Crippen LogP contribution in [0.4, 0.5) is 0 Å². The largest absolute Gasteiger partial charge is 0.306 e. The molecule has 0 amide bonds. The topological polar surface area (TPSA) is 12.0 Å². The molecule has 0 heterocycles. The van der Waals surface area contributed by atoms with Crippen molar-refractivity contribution < 1.29 is 0 Å². The van der Waals surface area contributed by atoms with Crippen LogP contribution in [0.2, 0.25) is 0 Å². The molecule has 0 saturated carbocycles. The lowest BCUT2D eigenvalue weighted by atomic mass is 10.0. The summed E-state index contributed by atoms with van der Waals surface area (Å²) < 4.78 is 0. The Morgan fingerprint density at radius 3 is 2.19 bits per heavy atom. The molecule has 21 heavy (non-hydrogen) atoms. The molecule has 1 aromatic rings. The van der Waals surface area contributed by atoms with Crippen molar-refractivity contribution in [1.82, 2.24) is 5.32 Å². The van der Waals surface area contributed by atoms with Crippen molar-refractivity contribution in [3.8, 4) is 0 Å². The maximum Gasteiger partial charge on any atom is 0.0325 e. The van der Waals surface area contributed by atoms with Gasteiger partial charge in [-0.3, -0.25) is 0 Å². The summed E-state index contributed by atoms with van der Waals surface area (Å²) in [5.74, 6) is 0. The Morgan fingerprint density at radius 2 is 1.67 bits per heavy atom. The predicted octanol–water partition coefficient (Wildman–Crippen LogP) is 5.37. The summed E-state index contributed by atoms with van der Waals surface area (Å²) in [5, 5.41) is 3.55. The van der Waals surface area contributed by atoms with Gasteiger partial charge in [-0.15, -0.1) is 0 Å². The summed E-state index contributed by atoms with van der Waals surface area (Å²) >= 11 is 3.50. The molecule has 0 fully saturated rings. The zero-order valence-corrected chi connectivity index (χ0v) is 14.3. The third kappa shape index (κ3) is 7.10. The van der Waals surface area contributed by atoms with Crippen molar-refractivity contribution in [2.45, 2.75) is 55.9 Å². The zero-order chi connectivity index (χ0) is 14.8. The highest BCUT2D eigenvalue weighted by Crippen LogP contribution is 2.16. The van der Waals surface area contributed by atoms with Crippen LogP contribution in [0.25, 0.3) is 0 Å². The second kappa shape index (κ2) is 9.97. The van der Waals surface area contributed by atoms with Crippen LogP contribution in [0.1, 0.15) is 44.1 Å². The number of allylic oxidation sites excluding steroid dienone is 3. The second-order valence-corrected chi connectivity index (χ2v) is 6.88. The average molecular weight is 348 g/mol. The highest BCUT2D eigenvalue weighted by molar-refractivity contribution is 9.09. The smallest absolute Gasteiger partial charge is 0.0325 e. The highest BCUT2D eigenvalue weighted by atomic mass is 79.9. The molecular formula is C19H26BrN. The Labute approximate surface area is 137 Å². The molecule has 0 spiro atoms. The normalized spacial score (nSPS) is 24.2. The first-order valence-electron chi connectivity index (χ1n) is 8.09. The van der Waals surface area contributed by atoms with Gasteiger partial charge in [-0.1, -0.05) is 70.6 Å². The molecule has 1 aromatic carbocycles. The Hall–Kier alpha value is -0.860. The Kier molecular flexibility index (Phi) is 7.83. The van der Waals surface area contributed by atoms with Crippen LogP contribution in [0.3, 0.4) is 0 Å². The van der Waals surface area contributed by atoms with E-state index in [2.05, 4.69) is 75.9 Å². The number of benzene rings is 1. The number of hydrogen-bond donors (Lipinski definition) is 1. The predicted molar refractivity (Wildman–Crippen MR) is 95.8 cm³/mol. The fourth-order valence-electron chi connectivity index (χ4n) is 2.60. The Morgan fingerprint density at radius 1 is 0.952 bits per heavy atom. The van der Waals surface area contributed by atoms with Crippen LogP contribution in [0, 0.1) is 0 Å². The van der Waals surface area contributed by atoms with Gasteiger partial charge in [0.05, 0.1) is 0 Å². The summed E-state index contributed by atoms with van der Waals surface area (Å²) in [5.41, 5.74) is 1.37. The van der Waals surface area contributed by atoms with E-state index in [9.17, 15) is 0 Å². The van der Waals surface area contributed by atoms with E-state index in [1.54, 1.807) is 0 Å². The van der Waals surface area contributed by atoms with Crippen molar-refractivity contribution in [2.24, 2.45) is 0 Å². The van der Waals surface area contributed by atoms with Gasteiger partial charge in [-0.2, -0.15) is 0 Å². The minimum atomic E-state index is 0.587. The first kappa shape index (κ1) is 16.5. The maximum absolute atomic E-state index is 3.55. The summed E-state index contributed by atoms with van der Waals surface area (Å²) in [6.07, 6.45) is 16.9. The van der Waals surface area contributed by atoms with Crippen molar-refractivity contribution in [3.63, 3.8) is 0 Å². The van der Waals surface area contributed by atoms with E-state index in [0.717, 1.165) is 6.54 Å². The first-order chi connectivity index (χ1) is 10.3. The first-order valence-corrected chi connectivity index (χ1v) is 9.01. The molecule has 3 rings (SSSR count). The van der Waals surface area contributed by atoms with Gasteiger partial charge in [0.25, 0.3) is 0 Å². The van der Waals surface area contributed by atoms with Crippen molar-refractivity contribution >= 4 is 15.9 Å². The van der Waals surface area contributed by atoms with E-state index in [-0.39, 0.29) is 0 Å². The van der Waals surface area contributed by atoms with Crippen LogP contribution in [-0.4, -0.2) is 10.9 Å². The van der Waals surface area contributed by atoms with Crippen LogP contribution in [0.15, 0.2) is 54.6 Å². The van der Waals surface area contributed by atoms with Gasteiger partial charge in [-0.25, -0.2) is 0 Å². The van der Waals surface area contributed by atoms with E-state index >= 15 is 0 Å². The van der Waals surface area contributed by atoms with Crippen LogP contribution in [0.5, 0.6) is 0 Å². The number of rotatable bonds is 3. The number of hydrogen-bond acceptors (Lipinski definition) is 1. The van der Waals surface area contributed by atoms with Gasteiger partial charge in [-0.05, 0) is 44.1 Å². The van der Waals surface area contributed by atoms with Gasteiger partial charge in [0.15, 0.2) is 0 Å². The van der Waals surface area contributed by atoms with E-state index in [1.807, 2.05) is 0 Å². The summed E-state index contributed by atoms with van der Waals surface area (Å²) in [6.45, 7) is 0.982. The molecule has 0 aromatic heterocycles. The number of halogens is 1. The summed E-state index contributed by atoms with van der Waals surface area (Å²) in [7, 11) is 0. The minimum absolute atomic E-state index is 0.587. The third-order valence-electron chi connectivity index (χ3n) is 3.86. The molecule has 114 valence electrons. The lowest BCUT2D eigenvalue weighted by molar-refractivity contribution is 0.522. The van der Waals surface area contributed by atoms with Crippen molar-refractivity contribution in [2.75, 3.05) is 0 Å². The molecule has 1 N–H and O–H groups in total. The molecule has 2 atom stereocenters. The lowest BCUT2D eigenvalue weighted by Crippen LogP contribution is -2.27. The van der Waals surface area contributed by atoms with E-state index in [4.69, 9.17) is 0 Å². The molecule has 2 heteroatoms. The van der Waals surface area contributed by atoms with Crippen LogP contribution >= 0.6 is 15.9 Å².